The Morgan fingerprint density at radius 3 is 2.41 bits per heavy atom. The van der Waals surface area contributed by atoms with Crippen molar-refractivity contribution in [2.75, 3.05) is 27.4 Å². The Balaban J connectivity index is 1.74. The van der Waals surface area contributed by atoms with Crippen molar-refractivity contribution >= 4 is 34.5 Å². The van der Waals surface area contributed by atoms with Crippen LogP contribution >= 0.6 is 22.6 Å². The van der Waals surface area contributed by atoms with Gasteiger partial charge in [0.25, 0.3) is 5.91 Å². The van der Waals surface area contributed by atoms with Crippen LogP contribution in [0.1, 0.15) is 5.56 Å². The lowest BCUT2D eigenvalue weighted by Crippen LogP contribution is -2.29. The summed E-state index contributed by atoms with van der Waals surface area (Å²) in [4.78, 5) is 23.6. The number of para-hydroxylation sites is 1. The molecule has 8 heteroatoms. The third-order valence-electron chi connectivity index (χ3n) is 3.50. The average molecular weight is 485 g/mol. The summed E-state index contributed by atoms with van der Waals surface area (Å²) in [6.07, 6.45) is 0. The highest BCUT2D eigenvalue weighted by atomic mass is 127. The average Bonchev–Trinajstić information content (AvgIpc) is 2.69. The van der Waals surface area contributed by atoms with E-state index in [4.69, 9.17) is 18.9 Å². The lowest BCUT2D eigenvalue weighted by molar-refractivity contribution is -0.150. The van der Waals surface area contributed by atoms with Gasteiger partial charge >= 0.3 is 5.97 Å². The summed E-state index contributed by atoms with van der Waals surface area (Å²) in [7, 11) is 3.07. The number of nitrogens with one attached hydrogen (secondary N) is 1. The lowest BCUT2D eigenvalue weighted by Gasteiger charge is -2.13. The van der Waals surface area contributed by atoms with E-state index >= 15 is 0 Å². The van der Waals surface area contributed by atoms with Crippen molar-refractivity contribution in [1.29, 1.82) is 0 Å². The molecule has 7 nitrogen and oxygen atoms in total. The Morgan fingerprint density at radius 1 is 1.00 bits per heavy atom. The molecule has 0 radical (unpaired) electrons. The number of methoxy groups -OCH3 is 2. The second-order valence-electron chi connectivity index (χ2n) is 5.33. The van der Waals surface area contributed by atoms with Gasteiger partial charge in [0, 0.05) is 15.7 Å². The summed E-state index contributed by atoms with van der Waals surface area (Å²) in [6, 6.07) is 12.6. The van der Waals surface area contributed by atoms with Crippen LogP contribution in [0.3, 0.4) is 0 Å². The molecule has 0 aliphatic carbocycles. The first-order valence-electron chi connectivity index (χ1n) is 8.04. The Labute approximate surface area is 171 Å². The van der Waals surface area contributed by atoms with Crippen molar-refractivity contribution in [1.82, 2.24) is 5.32 Å². The molecule has 0 fully saturated rings. The molecule has 2 rings (SSSR count). The van der Waals surface area contributed by atoms with E-state index in [1.165, 1.54) is 14.2 Å². The van der Waals surface area contributed by atoms with E-state index in [1.807, 2.05) is 18.2 Å². The molecular weight excluding hydrogens is 465 g/mol. The fourth-order valence-corrected chi connectivity index (χ4v) is 2.56. The minimum Gasteiger partial charge on any atom is -0.493 e. The summed E-state index contributed by atoms with van der Waals surface area (Å²) in [6.45, 7) is -0.436. The minimum absolute atomic E-state index is 0.218. The third kappa shape index (κ3) is 6.63. The summed E-state index contributed by atoms with van der Waals surface area (Å²) < 4.78 is 21.8. The van der Waals surface area contributed by atoms with Gasteiger partial charge in [-0.1, -0.05) is 12.1 Å². The Bertz CT molecular complexity index is 778. The van der Waals surface area contributed by atoms with Gasteiger partial charge in [0.05, 0.1) is 14.2 Å². The number of amides is 1. The van der Waals surface area contributed by atoms with E-state index in [2.05, 4.69) is 27.9 Å². The molecule has 0 atom stereocenters. The number of hydrogen-bond donors (Lipinski definition) is 1. The van der Waals surface area contributed by atoms with Crippen LogP contribution in [0.15, 0.2) is 42.5 Å². The number of halogens is 1. The van der Waals surface area contributed by atoms with E-state index in [1.54, 1.807) is 24.3 Å². The number of ether oxygens (including phenoxy) is 4. The summed E-state index contributed by atoms with van der Waals surface area (Å²) in [5.41, 5.74) is 0.749. The van der Waals surface area contributed by atoms with Crippen molar-refractivity contribution in [3.05, 3.63) is 51.6 Å². The van der Waals surface area contributed by atoms with E-state index in [0.29, 0.717) is 17.2 Å². The molecule has 0 heterocycles. The van der Waals surface area contributed by atoms with Gasteiger partial charge in [-0.15, -0.1) is 0 Å². The molecule has 2 aromatic carbocycles. The first-order valence-corrected chi connectivity index (χ1v) is 9.12. The van der Waals surface area contributed by atoms with Gasteiger partial charge in [-0.25, -0.2) is 4.79 Å². The van der Waals surface area contributed by atoms with Crippen LogP contribution in [0, 0.1) is 3.57 Å². The Kier molecular flexibility index (Phi) is 8.18. The minimum atomic E-state index is -0.623. The van der Waals surface area contributed by atoms with Gasteiger partial charge in [0.1, 0.15) is 5.75 Å². The highest BCUT2D eigenvalue weighted by Gasteiger charge is 2.12. The predicted molar refractivity (Wildman–Crippen MR) is 107 cm³/mol. The van der Waals surface area contributed by atoms with Gasteiger partial charge in [0.15, 0.2) is 24.7 Å². The third-order valence-corrected chi connectivity index (χ3v) is 4.21. The number of esters is 1. The highest BCUT2D eigenvalue weighted by Crippen LogP contribution is 2.30. The fraction of sp³-hybridized carbons (Fsp3) is 0.263. The highest BCUT2D eigenvalue weighted by molar-refractivity contribution is 14.1. The van der Waals surface area contributed by atoms with Crippen LogP contribution in [0.25, 0.3) is 0 Å². The molecule has 1 N–H and O–H groups in total. The van der Waals surface area contributed by atoms with Gasteiger partial charge in [0.2, 0.25) is 0 Å². The molecule has 0 aromatic heterocycles. The predicted octanol–water partition coefficient (Wildman–Crippen LogP) is 2.55. The Morgan fingerprint density at radius 2 is 1.74 bits per heavy atom. The summed E-state index contributed by atoms with van der Waals surface area (Å²) in [5, 5.41) is 2.67. The molecule has 144 valence electrons. The molecule has 0 aliphatic heterocycles. The van der Waals surface area contributed by atoms with Crippen molar-refractivity contribution in [2.45, 2.75) is 6.54 Å². The van der Waals surface area contributed by atoms with Gasteiger partial charge < -0.3 is 24.3 Å². The van der Waals surface area contributed by atoms with Crippen molar-refractivity contribution in [3.8, 4) is 17.2 Å². The zero-order valence-corrected chi connectivity index (χ0v) is 17.1. The summed E-state index contributed by atoms with van der Waals surface area (Å²) >= 11 is 2.17. The molecule has 0 aliphatic rings. The van der Waals surface area contributed by atoms with E-state index in [9.17, 15) is 9.59 Å². The lowest BCUT2D eigenvalue weighted by atomic mass is 10.2. The second-order valence-corrected chi connectivity index (χ2v) is 6.58. The molecule has 0 spiro atoms. The number of carbonyl (C=O) groups is 2. The Hall–Kier alpha value is -2.49. The molecule has 0 unspecified atom stereocenters. The van der Waals surface area contributed by atoms with Crippen LogP contribution < -0.4 is 19.5 Å². The van der Waals surface area contributed by atoms with Crippen LogP contribution in [0.4, 0.5) is 0 Å². The maximum Gasteiger partial charge on any atom is 0.344 e. The van der Waals surface area contributed by atoms with E-state index in [0.717, 1.165) is 9.13 Å². The van der Waals surface area contributed by atoms with Gasteiger partial charge in [-0.3, -0.25) is 4.79 Å². The fourth-order valence-electron chi connectivity index (χ4n) is 2.20. The molecule has 0 saturated heterocycles. The summed E-state index contributed by atoms with van der Waals surface area (Å²) in [5.74, 6) is 0.624. The quantitative estimate of drug-likeness (QED) is 0.435. The van der Waals surface area contributed by atoms with Crippen LogP contribution in [0.2, 0.25) is 0 Å². The molecule has 0 bridgehead atoms. The molecule has 0 saturated carbocycles. The standard InChI is InChI=1S/C19H20INO6/c1-24-16-5-3-4-13(19(16)25-2)10-21-17(22)11-27-18(23)12-26-15-8-6-14(20)7-9-15/h3-9H,10-12H2,1-2H3,(H,21,22). The molecule has 2 aromatic rings. The van der Waals surface area contributed by atoms with Crippen molar-refractivity contribution in [3.63, 3.8) is 0 Å². The van der Waals surface area contributed by atoms with E-state index in [-0.39, 0.29) is 19.8 Å². The number of benzene rings is 2. The normalized spacial score (nSPS) is 10.0. The second kappa shape index (κ2) is 10.6. The number of rotatable bonds is 9. The van der Waals surface area contributed by atoms with Gasteiger partial charge in [-0.05, 0) is 52.9 Å². The maximum atomic E-state index is 11.9. The first kappa shape index (κ1) is 20.8. The van der Waals surface area contributed by atoms with Gasteiger partial charge in [-0.2, -0.15) is 0 Å². The SMILES string of the molecule is COc1cccc(CNC(=O)COC(=O)COc2ccc(I)cc2)c1OC. The van der Waals surface area contributed by atoms with Crippen LogP contribution in [-0.2, 0) is 20.9 Å². The zero-order valence-electron chi connectivity index (χ0n) is 15.0. The molecular formula is C19H20INO6. The zero-order chi connectivity index (χ0) is 19.6. The molecule has 1 amide bonds. The monoisotopic (exact) mass is 485 g/mol. The number of hydrogen-bond acceptors (Lipinski definition) is 6. The first-order chi connectivity index (χ1) is 13.0. The number of carbonyl (C=O) groups excluding carboxylic acids is 2. The smallest absolute Gasteiger partial charge is 0.344 e. The topological polar surface area (TPSA) is 83.1 Å². The van der Waals surface area contributed by atoms with Crippen molar-refractivity contribution < 1.29 is 28.5 Å². The van der Waals surface area contributed by atoms with Crippen LogP contribution in [-0.4, -0.2) is 39.3 Å². The van der Waals surface area contributed by atoms with E-state index < -0.39 is 11.9 Å². The van der Waals surface area contributed by atoms with Crippen molar-refractivity contribution in [2.24, 2.45) is 0 Å². The molecule has 27 heavy (non-hydrogen) atoms. The van der Waals surface area contributed by atoms with Crippen LogP contribution in [0.5, 0.6) is 17.2 Å². The maximum absolute atomic E-state index is 11.9. The largest absolute Gasteiger partial charge is 0.493 e.